The molecule has 5 nitrogen and oxygen atoms in total. The Morgan fingerprint density at radius 2 is 1.00 bits per heavy atom. The number of rotatable bonds is 7. The van der Waals surface area contributed by atoms with Gasteiger partial charge in [0.05, 0.1) is 16.4 Å². The minimum atomic E-state index is -4.38. The maximum absolute atomic E-state index is 12.4. The van der Waals surface area contributed by atoms with E-state index in [0.717, 1.165) is 32.2 Å². The zero-order chi connectivity index (χ0) is 34.1. The normalized spacial score (nSPS) is 12.2. The molecule has 0 amide bonds. The molecule has 2 atom stereocenters. The maximum atomic E-state index is 12.4. The second-order valence-electron chi connectivity index (χ2n) is 9.47. The van der Waals surface area contributed by atoms with Gasteiger partial charge in [-0.25, -0.2) is 17.9 Å². The molecule has 0 saturated carbocycles. The van der Waals surface area contributed by atoms with Crippen LogP contribution in [0.1, 0.15) is 66.5 Å². The highest BCUT2D eigenvalue weighted by atomic mass is 32.2. The molecule has 0 bridgehead atoms. The van der Waals surface area contributed by atoms with E-state index in [-0.39, 0.29) is 6.61 Å². The standard InChI is InChI=1S/C15H19NO2S.C13H12F3NOS.3C2H6/c1-11-8-9-14(13-7-5-4-6-12(11)13)19(18)16-15(2,3)10-17;1-9-6-7-12(11-5-3-2-4-10(9)11)19(18)17-8-13(14,15)16;3*1-2/h4-9,16-17H,10H2,1-3H3;2-7,17H,8H2,1H3;3*1-2H3. The number of hydrogen-bond donors (Lipinski definition) is 3. The van der Waals surface area contributed by atoms with Crippen molar-refractivity contribution in [2.75, 3.05) is 13.2 Å². The molecule has 4 aromatic rings. The van der Waals surface area contributed by atoms with Crippen molar-refractivity contribution in [2.24, 2.45) is 0 Å². The first-order valence-corrected chi connectivity index (χ1v) is 17.1. The molecule has 0 saturated heterocycles. The van der Waals surface area contributed by atoms with Gasteiger partial charge in [0.1, 0.15) is 28.5 Å². The molecule has 0 aliphatic carbocycles. The van der Waals surface area contributed by atoms with E-state index in [1.165, 1.54) is 0 Å². The lowest BCUT2D eigenvalue weighted by molar-refractivity contribution is -0.121. The number of aryl methyl sites for hydroxylation is 2. The van der Waals surface area contributed by atoms with Crippen molar-refractivity contribution in [3.8, 4) is 0 Å². The average molecular weight is 655 g/mol. The summed E-state index contributed by atoms with van der Waals surface area (Å²) in [5.41, 5.74) is 1.58. The van der Waals surface area contributed by atoms with Crippen LogP contribution in [0.15, 0.2) is 82.6 Å². The maximum Gasteiger partial charge on any atom is 0.402 e. The van der Waals surface area contributed by atoms with Gasteiger partial charge in [-0.05, 0) is 72.5 Å². The smallest absolute Gasteiger partial charge is 0.394 e. The predicted molar refractivity (Wildman–Crippen MR) is 183 cm³/mol. The summed E-state index contributed by atoms with van der Waals surface area (Å²) in [4.78, 5) is 1.12. The number of aliphatic hydroxyl groups excluding tert-OH is 1. The van der Waals surface area contributed by atoms with Gasteiger partial charge >= 0.3 is 6.18 Å². The number of hydrogen-bond acceptors (Lipinski definition) is 3. The van der Waals surface area contributed by atoms with E-state index in [1.807, 2.05) is 122 Å². The van der Waals surface area contributed by atoms with Gasteiger partial charge < -0.3 is 5.11 Å². The number of benzene rings is 4. The van der Waals surface area contributed by atoms with Gasteiger partial charge in [-0.1, -0.05) is 102 Å². The summed E-state index contributed by atoms with van der Waals surface area (Å²) in [6.45, 7) is 18.2. The summed E-state index contributed by atoms with van der Waals surface area (Å²) in [6, 6.07) is 22.4. The van der Waals surface area contributed by atoms with Crippen molar-refractivity contribution < 1.29 is 26.7 Å². The first-order valence-electron chi connectivity index (χ1n) is 14.8. The molecular formula is C34H49F3N2O3S2. The zero-order valence-corrected chi connectivity index (χ0v) is 29.2. The Kier molecular flexibility index (Phi) is 19.2. The highest BCUT2D eigenvalue weighted by Crippen LogP contribution is 2.26. The third-order valence-electron chi connectivity index (χ3n) is 5.77. The molecular weight excluding hydrogens is 606 g/mol. The molecule has 4 aromatic carbocycles. The summed E-state index contributed by atoms with van der Waals surface area (Å²) < 4.78 is 65.6. The van der Waals surface area contributed by atoms with Crippen LogP contribution in [0.4, 0.5) is 13.2 Å². The fourth-order valence-corrected chi connectivity index (χ4v) is 6.00. The summed E-state index contributed by atoms with van der Waals surface area (Å²) in [6.07, 6.45) is -4.38. The van der Waals surface area contributed by atoms with E-state index >= 15 is 0 Å². The fraction of sp³-hybridized carbons (Fsp3) is 0.412. The lowest BCUT2D eigenvalue weighted by Crippen LogP contribution is -2.43. The van der Waals surface area contributed by atoms with Crippen LogP contribution in [0.5, 0.6) is 0 Å². The van der Waals surface area contributed by atoms with E-state index < -0.39 is 40.2 Å². The molecule has 44 heavy (non-hydrogen) atoms. The van der Waals surface area contributed by atoms with Crippen molar-refractivity contribution in [3.05, 3.63) is 83.9 Å². The molecule has 0 aliphatic heterocycles. The van der Waals surface area contributed by atoms with Crippen LogP contribution in [0.25, 0.3) is 21.5 Å². The van der Waals surface area contributed by atoms with Crippen molar-refractivity contribution in [3.63, 3.8) is 0 Å². The molecule has 0 fully saturated rings. The van der Waals surface area contributed by atoms with Gasteiger partial charge in [0.2, 0.25) is 0 Å². The molecule has 0 heterocycles. The van der Waals surface area contributed by atoms with Gasteiger partial charge in [0.15, 0.2) is 0 Å². The SMILES string of the molecule is CC.CC.CC.Cc1ccc(S(=O)NC(C)(C)CO)c2ccccc12.Cc1ccc(S(=O)NCC(F)(F)F)c2ccccc12. The molecule has 10 heteroatoms. The first kappa shape index (κ1) is 41.4. The van der Waals surface area contributed by atoms with E-state index in [4.69, 9.17) is 0 Å². The van der Waals surface area contributed by atoms with Crippen LogP contribution >= 0.6 is 0 Å². The Morgan fingerprint density at radius 3 is 1.36 bits per heavy atom. The molecule has 0 spiro atoms. The Balaban J connectivity index is 0.000000719. The summed E-state index contributed by atoms with van der Waals surface area (Å²) in [5, 5.41) is 12.9. The van der Waals surface area contributed by atoms with E-state index in [1.54, 1.807) is 24.3 Å². The molecule has 0 radical (unpaired) electrons. The highest BCUT2D eigenvalue weighted by Gasteiger charge is 2.28. The molecule has 3 N–H and O–H groups in total. The zero-order valence-electron chi connectivity index (χ0n) is 27.6. The van der Waals surface area contributed by atoms with Crippen LogP contribution in [0, 0.1) is 13.8 Å². The quantitative estimate of drug-likeness (QED) is 0.186. The minimum Gasteiger partial charge on any atom is -0.394 e. The number of fused-ring (bicyclic) bond motifs is 2. The van der Waals surface area contributed by atoms with Crippen molar-refractivity contribution in [1.82, 2.24) is 9.44 Å². The highest BCUT2D eigenvalue weighted by molar-refractivity contribution is 7.83. The number of alkyl halides is 3. The summed E-state index contributed by atoms with van der Waals surface area (Å²) in [5.74, 6) is 0. The number of aliphatic hydroxyl groups is 1. The van der Waals surface area contributed by atoms with E-state index in [9.17, 15) is 26.7 Å². The van der Waals surface area contributed by atoms with E-state index in [0.29, 0.717) is 10.3 Å². The Labute approximate surface area is 266 Å². The second kappa shape index (κ2) is 20.4. The molecule has 4 rings (SSSR count). The molecule has 246 valence electrons. The van der Waals surface area contributed by atoms with Crippen molar-refractivity contribution in [1.29, 1.82) is 0 Å². The summed E-state index contributed by atoms with van der Waals surface area (Å²) in [7, 11) is -3.23. The Morgan fingerprint density at radius 1 is 0.636 bits per heavy atom. The van der Waals surface area contributed by atoms with Crippen LogP contribution in [0.2, 0.25) is 0 Å². The van der Waals surface area contributed by atoms with Crippen molar-refractivity contribution in [2.45, 2.75) is 90.7 Å². The van der Waals surface area contributed by atoms with Gasteiger partial charge in [0.25, 0.3) is 0 Å². The first-order chi connectivity index (χ1) is 20.8. The van der Waals surface area contributed by atoms with Crippen LogP contribution in [0.3, 0.4) is 0 Å². The third-order valence-corrected chi connectivity index (χ3v) is 8.43. The Bertz CT molecular complexity index is 1480. The topological polar surface area (TPSA) is 78.4 Å². The molecule has 2 unspecified atom stereocenters. The van der Waals surface area contributed by atoms with Crippen molar-refractivity contribution >= 4 is 43.5 Å². The third kappa shape index (κ3) is 12.8. The lowest BCUT2D eigenvalue weighted by Gasteiger charge is -2.23. The molecule has 0 aromatic heterocycles. The average Bonchev–Trinajstić information content (AvgIpc) is 3.03. The van der Waals surface area contributed by atoms with E-state index in [2.05, 4.69) is 4.72 Å². The Hall–Kier alpha value is -2.63. The number of nitrogens with one attached hydrogen (secondary N) is 2. The van der Waals surface area contributed by atoms with Gasteiger partial charge in [-0.15, -0.1) is 0 Å². The minimum absolute atomic E-state index is 0.0669. The lowest BCUT2D eigenvalue weighted by atomic mass is 10.1. The second-order valence-corrected chi connectivity index (χ2v) is 11.9. The molecule has 0 aliphatic rings. The monoisotopic (exact) mass is 654 g/mol. The van der Waals surface area contributed by atoms with Crippen LogP contribution in [-0.4, -0.2) is 38.4 Å². The fourth-order valence-electron chi connectivity index (χ4n) is 3.73. The van der Waals surface area contributed by atoms with Gasteiger partial charge in [-0.2, -0.15) is 13.2 Å². The van der Waals surface area contributed by atoms with Gasteiger partial charge in [0, 0.05) is 5.54 Å². The van der Waals surface area contributed by atoms with Gasteiger partial charge in [-0.3, -0.25) is 0 Å². The number of halogens is 3. The summed E-state index contributed by atoms with van der Waals surface area (Å²) >= 11 is 0. The van der Waals surface area contributed by atoms with Crippen LogP contribution < -0.4 is 9.44 Å². The predicted octanol–water partition coefficient (Wildman–Crippen LogP) is 8.93. The largest absolute Gasteiger partial charge is 0.402 e. The van der Waals surface area contributed by atoms with Crippen LogP contribution in [-0.2, 0) is 22.0 Å².